The van der Waals surface area contributed by atoms with Gasteiger partial charge in [0.1, 0.15) is 5.75 Å². The number of phenolic OH excluding ortho intramolecular Hbond substituents is 1. The average Bonchev–Trinajstić information content (AvgIpc) is 2.17. The lowest BCUT2D eigenvalue weighted by Crippen LogP contribution is -2.24. The number of hydrogen-bond donors (Lipinski definition) is 2. The third-order valence-electron chi connectivity index (χ3n) is 1.97. The molecule has 0 aliphatic rings. The zero-order valence-electron chi connectivity index (χ0n) is 8.29. The largest absolute Gasteiger partial charge is 0.508 e. The van der Waals surface area contributed by atoms with Gasteiger partial charge in [-0.15, -0.1) is 0 Å². The van der Waals surface area contributed by atoms with E-state index in [0.717, 1.165) is 12.0 Å². The van der Waals surface area contributed by atoms with E-state index in [0.29, 0.717) is 13.0 Å². The molecule has 1 rings (SSSR count). The predicted octanol–water partition coefficient (Wildman–Crippen LogP) is 1.46. The van der Waals surface area contributed by atoms with Crippen LogP contribution in [0.2, 0.25) is 0 Å². The molecular weight excluding hydrogens is 178 g/mol. The van der Waals surface area contributed by atoms with Crippen molar-refractivity contribution < 1.29 is 9.90 Å². The van der Waals surface area contributed by atoms with E-state index < -0.39 is 0 Å². The first-order valence-corrected chi connectivity index (χ1v) is 4.77. The summed E-state index contributed by atoms with van der Waals surface area (Å²) in [7, 11) is 0. The van der Waals surface area contributed by atoms with Crippen molar-refractivity contribution in [2.24, 2.45) is 0 Å². The molecule has 0 radical (unpaired) electrons. The summed E-state index contributed by atoms with van der Waals surface area (Å²) in [4.78, 5) is 10.9. The van der Waals surface area contributed by atoms with Gasteiger partial charge in [-0.1, -0.05) is 19.1 Å². The van der Waals surface area contributed by atoms with Gasteiger partial charge in [0.05, 0.1) is 0 Å². The molecule has 0 saturated carbocycles. The molecule has 0 aliphatic carbocycles. The molecule has 0 fully saturated rings. The average molecular weight is 193 g/mol. The molecule has 1 amide bonds. The van der Waals surface area contributed by atoms with Crippen LogP contribution in [0.4, 0.5) is 0 Å². The fourth-order valence-electron chi connectivity index (χ4n) is 1.18. The number of hydrogen-bond acceptors (Lipinski definition) is 2. The number of carbonyl (C=O) groups excluding carboxylic acids is 1. The quantitative estimate of drug-likeness (QED) is 0.760. The van der Waals surface area contributed by atoms with Crippen LogP contribution in [0.15, 0.2) is 24.3 Å². The van der Waals surface area contributed by atoms with Crippen LogP contribution in [0.3, 0.4) is 0 Å². The lowest BCUT2D eigenvalue weighted by atomic mass is 10.1. The third kappa shape index (κ3) is 3.47. The summed E-state index contributed by atoms with van der Waals surface area (Å²) in [6.07, 6.45) is 1.26. The SMILES string of the molecule is CCC(=O)NCCc1cccc(O)c1. The smallest absolute Gasteiger partial charge is 0.219 e. The molecule has 0 bridgehead atoms. The lowest BCUT2D eigenvalue weighted by Gasteiger charge is -2.03. The molecule has 0 unspecified atom stereocenters. The summed E-state index contributed by atoms with van der Waals surface area (Å²) in [5, 5.41) is 12.0. The van der Waals surface area contributed by atoms with E-state index in [-0.39, 0.29) is 11.7 Å². The first-order valence-electron chi connectivity index (χ1n) is 4.77. The van der Waals surface area contributed by atoms with Crippen LogP contribution in [0, 0.1) is 0 Å². The first-order chi connectivity index (χ1) is 6.72. The van der Waals surface area contributed by atoms with Crippen LogP contribution in [-0.2, 0) is 11.2 Å². The molecule has 3 heteroatoms. The maximum atomic E-state index is 10.9. The predicted molar refractivity (Wildman–Crippen MR) is 55.1 cm³/mol. The van der Waals surface area contributed by atoms with Gasteiger partial charge in [0.25, 0.3) is 0 Å². The van der Waals surface area contributed by atoms with Crippen LogP contribution in [0.5, 0.6) is 5.75 Å². The van der Waals surface area contributed by atoms with Gasteiger partial charge in [-0.2, -0.15) is 0 Å². The summed E-state index contributed by atoms with van der Waals surface area (Å²) in [5.74, 6) is 0.328. The summed E-state index contributed by atoms with van der Waals surface area (Å²) in [6.45, 7) is 2.44. The van der Waals surface area contributed by atoms with Gasteiger partial charge in [-0.25, -0.2) is 0 Å². The van der Waals surface area contributed by atoms with Crippen molar-refractivity contribution in [3.63, 3.8) is 0 Å². The second kappa shape index (κ2) is 5.27. The van der Waals surface area contributed by atoms with Gasteiger partial charge in [-0.3, -0.25) is 4.79 Å². The Morgan fingerprint density at radius 2 is 2.29 bits per heavy atom. The summed E-state index contributed by atoms with van der Waals surface area (Å²) in [5.41, 5.74) is 1.03. The standard InChI is InChI=1S/C11H15NO2/c1-2-11(14)12-7-6-9-4-3-5-10(13)8-9/h3-5,8,13H,2,6-7H2,1H3,(H,12,14). The Kier molecular flexibility index (Phi) is 3.98. The Balaban J connectivity index is 2.35. The van der Waals surface area contributed by atoms with Gasteiger partial charge in [0.2, 0.25) is 5.91 Å². The molecule has 1 aromatic carbocycles. The van der Waals surface area contributed by atoms with Crippen molar-refractivity contribution in [3.05, 3.63) is 29.8 Å². The van der Waals surface area contributed by atoms with Gasteiger partial charge in [0.15, 0.2) is 0 Å². The van der Waals surface area contributed by atoms with Crippen molar-refractivity contribution in [2.45, 2.75) is 19.8 Å². The molecule has 0 atom stereocenters. The second-order valence-corrected chi connectivity index (χ2v) is 3.12. The zero-order chi connectivity index (χ0) is 10.4. The molecule has 2 N–H and O–H groups in total. The first kappa shape index (κ1) is 10.6. The second-order valence-electron chi connectivity index (χ2n) is 3.12. The molecule has 0 aromatic heterocycles. The van der Waals surface area contributed by atoms with Crippen LogP contribution in [0.25, 0.3) is 0 Å². The van der Waals surface area contributed by atoms with Crippen molar-refractivity contribution in [1.82, 2.24) is 5.32 Å². The topological polar surface area (TPSA) is 49.3 Å². The number of benzene rings is 1. The van der Waals surface area contributed by atoms with E-state index >= 15 is 0 Å². The van der Waals surface area contributed by atoms with Crippen LogP contribution < -0.4 is 5.32 Å². The van der Waals surface area contributed by atoms with Crippen molar-refractivity contribution in [3.8, 4) is 5.75 Å². The fraction of sp³-hybridized carbons (Fsp3) is 0.364. The zero-order valence-corrected chi connectivity index (χ0v) is 8.29. The number of amides is 1. The number of phenols is 1. The van der Waals surface area contributed by atoms with E-state index in [2.05, 4.69) is 5.32 Å². The number of aromatic hydroxyl groups is 1. The number of nitrogens with one attached hydrogen (secondary N) is 1. The highest BCUT2D eigenvalue weighted by Gasteiger charge is 1.97. The minimum atomic E-state index is 0.0603. The van der Waals surface area contributed by atoms with E-state index in [1.807, 2.05) is 13.0 Å². The van der Waals surface area contributed by atoms with Crippen LogP contribution >= 0.6 is 0 Å². The summed E-state index contributed by atoms with van der Waals surface area (Å²) < 4.78 is 0. The fourth-order valence-corrected chi connectivity index (χ4v) is 1.18. The Morgan fingerprint density at radius 1 is 1.50 bits per heavy atom. The molecule has 3 nitrogen and oxygen atoms in total. The Hall–Kier alpha value is -1.51. The van der Waals surface area contributed by atoms with E-state index in [1.54, 1.807) is 18.2 Å². The highest BCUT2D eigenvalue weighted by Crippen LogP contribution is 2.10. The van der Waals surface area contributed by atoms with Crippen LogP contribution in [-0.4, -0.2) is 17.6 Å². The minimum absolute atomic E-state index is 0.0603. The van der Waals surface area contributed by atoms with Gasteiger partial charge >= 0.3 is 0 Å². The molecule has 76 valence electrons. The lowest BCUT2D eigenvalue weighted by molar-refractivity contribution is -0.120. The maximum absolute atomic E-state index is 10.9. The number of rotatable bonds is 4. The Labute approximate surface area is 83.8 Å². The summed E-state index contributed by atoms with van der Waals surface area (Å²) >= 11 is 0. The minimum Gasteiger partial charge on any atom is -0.508 e. The van der Waals surface area contributed by atoms with E-state index in [4.69, 9.17) is 0 Å². The Bertz CT molecular complexity index is 310. The van der Waals surface area contributed by atoms with Crippen molar-refractivity contribution in [2.75, 3.05) is 6.54 Å². The molecule has 0 spiro atoms. The molecule has 0 aliphatic heterocycles. The molecule has 1 aromatic rings. The molecule has 0 saturated heterocycles. The summed E-state index contributed by atoms with van der Waals surface area (Å²) in [6, 6.07) is 7.07. The third-order valence-corrected chi connectivity index (χ3v) is 1.97. The highest BCUT2D eigenvalue weighted by molar-refractivity contribution is 5.75. The highest BCUT2D eigenvalue weighted by atomic mass is 16.3. The van der Waals surface area contributed by atoms with Gasteiger partial charge in [0, 0.05) is 13.0 Å². The van der Waals surface area contributed by atoms with E-state index in [9.17, 15) is 9.90 Å². The molecular formula is C11H15NO2. The number of carbonyl (C=O) groups is 1. The van der Waals surface area contributed by atoms with Crippen LogP contribution in [0.1, 0.15) is 18.9 Å². The van der Waals surface area contributed by atoms with Gasteiger partial charge < -0.3 is 10.4 Å². The van der Waals surface area contributed by atoms with Crippen molar-refractivity contribution >= 4 is 5.91 Å². The Morgan fingerprint density at radius 3 is 2.93 bits per heavy atom. The van der Waals surface area contributed by atoms with Crippen molar-refractivity contribution in [1.29, 1.82) is 0 Å². The monoisotopic (exact) mass is 193 g/mol. The van der Waals surface area contributed by atoms with Gasteiger partial charge in [-0.05, 0) is 24.1 Å². The molecule has 0 heterocycles. The van der Waals surface area contributed by atoms with E-state index in [1.165, 1.54) is 0 Å². The molecule has 14 heavy (non-hydrogen) atoms. The maximum Gasteiger partial charge on any atom is 0.219 e. The normalized spacial score (nSPS) is 9.79.